The summed E-state index contributed by atoms with van der Waals surface area (Å²) in [5, 5.41) is 9.44. The van der Waals surface area contributed by atoms with Crippen LogP contribution in [0.3, 0.4) is 0 Å². The first-order valence-electron chi connectivity index (χ1n) is 7.04. The van der Waals surface area contributed by atoms with E-state index in [1.165, 1.54) is 6.42 Å². The molecule has 8 heteroatoms. The summed E-state index contributed by atoms with van der Waals surface area (Å²) < 4.78 is 26.6. The van der Waals surface area contributed by atoms with Crippen LogP contribution >= 0.6 is 11.3 Å². The molecule has 0 spiro atoms. The van der Waals surface area contributed by atoms with Gasteiger partial charge in [0.05, 0.1) is 18.0 Å². The Morgan fingerprint density at radius 1 is 1.38 bits per heavy atom. The predicted molar refractivity (Wildman–Crippen MR) is 81.0 cm³/mol. The second-order valence-electron chi connectivity index (χ2n) is 5.43. The highest BCUT2D eigenvalue weighted by Gasteiger charge is 2.22. The molecule has 118 valence electrons. The van der Waals surface area contributed by atoms with Crippen LogP contribution < -0.4 is 4.72 Å². The summed E-state index contributed by atoms with van der Waals surface area (Å²) in [4.78, 5) is 15.2. The van der Waals surface area contributed by atoms with E-state index in [1.54, 1.807) is 6.92 Å². The second-order valence-corrected chi connectivity index (χ2v) is 8.37. The van der Waals surface area contributed by atoms with Gasteiger partial charge in [0.25, 0.3) is 0 Å². The average molecular weight is 332 g/mol. The summed E-state index contributed by atoms with van der Waals surface area (Å²) in [5.41, 5.74) is 0.425. The van der Waals surface area contributed by atoms with Crippen molar-refractivity contribution in [3.63, 3.8) is 0 Å². The quantitative estimate of drug-likeness (QED) is 0.832. The Balaban J connectivity index is 1.91. The van der Waals surface area contributed by atoms with E-state index in [9.17, 15) is 13.2 Å². The lowest BCUT2D eigenvalue weighted by Crippen LogP contribution is -2.30. The van der Waals surface area contributed by atoms with Gasteiger partial charge in [-0.2, -0.15) is 0 Å². The van der Waals surface area contributed by atoms with Gasteiger partial charge in [0.15, 0.2) is 0 Å². The summed E-state index contributed by atoms with van der Waals surface area (Å²) in [6.07, 6.45) is 5.35. The van der Waals surface area contributed by atoms with Crippen LogP contribution in [0.15, 0.2) is 0 Å². The molecule has 2 rings (SSSR count). The van der Waals surface area contributed by atoms with Crippen LogP contribution in [-0.4, -0.2) is 30.2 Å². The van der Waals surface area contributed by atoms with E-state index in [0.29, 0.717) is 10.7 Å². The topological polar surface area (TPSA) is 96.4 Å². The zero-order chi connectivity index (χ0) is 15.5. The number of rotatable bonds is 6. The molecule has 0 atom stereocenters. The SMILES string of the molecule is Cc1nc(CNS(=O)(=O)CC2CCCCC2)sc1C(=O)O. The van der Waals surface area contributed by atoms with E-state index in [-0.39, 0.29) is 23.1 Å². The van der Waals surface area contributed by atoms with E-state index in [0.717, 1.165) is 37.0 Å². The van der Waals surface area contributed by atoms with Crippen molar-refractivity contribution in [1.82, 2.24) is 9.71 Å². The van der Waals surface area contributed by atoms with E-state index < -0.39 is 16.0 Å². The first kappa shape index (κ1) is 16.4. The van der Waals surface area contributed by atoms with Gasteiger partial charge in [-0.15, -0.1) is 11.3 Å². The number of hydrogen-bond donors (Lipinski definition) is 2. The van der Waals surface area contributed by atoms with Crippen molar-refractivity contribution in [2.75, 3.05) is 5.75 Å². The number of carbonyl (C=O) groups is 1. The molecule has 1 aromatic heterocycles. The van der Waals surface area contributed by atoms with Gasteiger partial charge < -0.3 is 5.11 Å². The molecule has 6 nitrogen and oxygen atoms in total. The number of nitrogens with zero attached hydrogens (tertiary/aromatic N) is 1. The summed E-state index contributed by atoms with van der Waals surface area (Å²) in [7, 11) is -3.33. The number of aromatic nitrogens is 1. The minimum atomic E-state index is -3.33. The lowest BCUT2D eigenvalue weighted by atomic mass is 9.91. The van der Waals surface area contributed by atoms with Gasteiger partial charge in [0, 0.05) is 0 Å². The standard InChI is InChI=1S/C13H20N2O4S2/c1-9-12(13(16)17)20-11(15-9)7-14-21(18,19)8-10-5-3-2-4-6-10/h10,14H,2-8H2,1H3,(H,16,17). The van der Waals surface area contributed by atoms with E-state index in [4.69, 9.17) is 5.11 Å². The van der Waals surface area contributed by atoms with E-state index in [2.05, 4.69) is 9.71 Å². The van der Waals surface area contributed by atoms with Gasteiger partial charge in [0.2, 0.25) is 10.0 Å². The van der Waals surface area contributed by atoms with Gasteiger partial charge in [-0.1, -0.05) is 19.3 Å². The number of nitrogens with one attached hydrogen (secondary N) is 1. The predicted octanol–water partition coefficient (Wildman–Crippen LogP) is 2.15. The second kappa shape index (κ2) is 6.85. The van der Waals surface area contributed by atoms with Crippen molar-refractivity contribution in [1.29, 1.82) is 0 Å². The number of carboxylic acid groups (broad SMARTS) is 1. The minimum absolute atomic E-state index is 0.0633. The number of hydrogen-bond acceptors (Lipinski definition) is 5. The highest BCUT2D eigenvalue weighted by atomic mass is 32.2. The molecular weight excluding hydrogens is 312 g/mol. The van der Waals surface area contributed by atoms with Crippen molar-refractivity contribution < 1.29 is 18.3 Å². The molecule has 0 saturated heterocycles. The first-order valence-corrected chi connectivity index (χ1v) is 9.51. The van der Waals surface area contributed by atoms with Gasteiger partial charge in [-0.25, -0.2) is 22.9 Å². The zero-order valence-electron chi connectivity index (χ0n) is 12.0. The Labute approximate surface area is 128 Å². The Morgan fingerprint density at radius 3 is 2.62 bits per heavy atom. The van der Waals surface area contributed by atoms with Crippen molar-refractivity contribution in [3.05, 3.63) is 15.6 Å². The molecule has 1 saturated carbocycles. The zero-order valence-corrected chi connectivity index (χ0v) is 13.6. The molecule has 1 aromatic rings. The van der Waals surface area contributed by atoms with Gasteiger partial charge in [0.1, 0.15) is 9.88 Å². The fourth-order valence-electron chi connectivity index (χ4n) is 2.62. The number of aromatic carboxylic acids is 1. The molecule has 1 aliphatic rings. The maximum absolute atomic E-state index is 12.0. The van der Waals surface area contributed by atoms with Crippen molar-refractivity contribution in [2.45, 2.75) is 45.6 Å². The molecule has 21 heavy (non-hydrogen) atoms. The normalized spacial score (nSPS) is 17.0. The van der Waals surface area contributed by atoms with Gasteiger partial charge in [-0.3, -0.25) is 0 Å². The maximum atomic E-state index is 12.0. The fourth-order valence-corrected chi connectivity index (χ4v) is 4.98. The monoisotopic (exact) mass is 332 g/mol. The Hall–Kier alpha value is -0.990. The first-order chi connectivity index (χ1) is 9.87. The highest BCUT2D eigenvalue weighted by molar-refractivity contribution is 7.89. The molecule has 0 unspecified atom stereocenters. The Bertz CT molecular complexity index is 604. The molecule has 1 fully saturated rings. The molecule has 0 amide bonds. The molecule has 1 aliphatic carbocycles. The van der Waals surface area contributed by atoms with Crippen LogP contribution in [0, 0.1) is 12.8 Å². The van der Waals surface area contributed by atoms with Gasteiger partial charge >= 0.3 is 5.97 Å². The summed E-state index contributed by atoms with van der Waals surface area (Å²) >= 11 is 1.02. The fraction of sp³-hybridized carbons (Fsp3) is 0.692. The third kappa shape index (κ3) is 4.76. The number of aryl methyl sites for hydroxylation is 1. The Kier molecular flexibility index (Phi) is 5.34. The molecule has 0 radical (unpaired) electrons. The summed E-state index contributed by atoms with van der Waals surface area (Å²) in [6.45, 7) is 1.67. The Morgan fingerprint density at radius 2 is 2.05 bits per heavy atom. The molecule has 0 aliphatic heterocycles. The van der Waals surface area contributed by atoms with Crippen LogP contribution in [-0.2, 0) is 16.6 Å². The smallest absolute Gasteiger partial charge is 0.347 e. The molecular formula is C13H20N2O4S2. The molecule has 2 N–H and O–H groups in total. The third-order valence-corrected chi connectivity index (χ3v) is 6.30. The summed E-state index contributed by atoms with van der Waals surface area (Å²) in [6, 6.07) is 0. The number of thiazole rings is 1. The van der Waals surface area contributed by atoms with Crippen LogP contribution in [0.4, 0.5) is 0 Å². The van der Waals surface area contributed by atoms with Crippen LogP contribution in [0.25, 0.3) is 0 Å². The van der Waals surface area contributed by atoms with Crippen molar-refractivity contribution >= 4 is 27.3 Å². The number of sulfonamides is 1. The lowest BCUT2D eigenvalue weighted by molar-refractivity contribution is 0.0701. The maximum Gasteiger partial charge on any atom is 0.347 e. The molecule has 1 heterocycles. The molecule has 0 bridgehead atoms. The van der Waals surface area contributed by atoms with Crippen molar-refractivity contribution in [3.8, 4) is 0 Å². The lowest BCUT2D eigenvalue weighted by Gasteiger charge is -2.21. The largest absolute Gasteiger partial charge is 0.477 e. The summed E-state index contributed by atoms with van der Waals surface area (Å²) in [5.74, 6) is -0.631. The highest BCUT2D eigenvalue weighted by Crippen LogP contribution is 2.25. The third-order valence-electron chi connectivity index (χ3n) is 3.66. The van der Waals surface area contributed by atoms with Crippen LogP contribution in [0.2, 0.25) is 0 Å². The van der Waals surface area contributed by atoms with Crippen LogP contribution in [0.5, 0.6) is 0 Å². The van der Waals surface area contributed by atoms with Crippen LogP contribution in [0.1, 0.15) is 52.5 Å². The van der Waals surface area contributed by atoms with Gasteiger partial charge in [-0.05, 0) is 25.7 Å². The number of carboxylic acids is 1. The van der Waals surface area contributed by atoms with E-state index in [1.807, 2.05) is 0 Å². The van der Waals surface area contributed by atoms with Crippen molar-refractivity contribution in [2.24, 2.45) is 5.92 Å². The minimum Gasteiger partial charge on any atom is -0.477 e. The molecule has 0 aromatic carbocycles. The average Bonchev–Trinajstić information content (AvgIpc) is 2.79. The van der Waals surface area contributed by atoms with E-state index >= 15 is 0 Å².